The molecule has 23 heavy (non-hydrogen) atoms. The van der Waals surface area contributed by atoms with E-state index < -0.39 is 0 Å². The summed E-state index contributed by atoms with van der Waals surface area (Å²) in [6.45, 7) is 0.317. The van der Waals surface area contributed by atoms with Crippen molar-refractivity contribution in [2.75, 3.05) is 0 Å². The van der Waals surface area contributed by atoms with Crippen LogP contribution in [0.25, 0.3) is 5.82 Å². The zero-order chi connectivity index (χ0) is 16.2. The Morgan fingerprint density at radius 3 is 2.87 bits per heavy atom. The Balaban J connectivity index is 1.66. The first-order valence-electron chi connectivity index (χ1n) is 6.85. The minimum atomic E-state index is -0.347. The third-order valence-electron chi connectivity index (χ3n) is 3.20. The topological polar surface area (TPSA) is 80.0 Å². The molecule has 2 N–H and O–H groups in total. The zero-order valence-electron chi connectivity index (χ0n) is 12.0. The number of halogens is 1. The number of phenolic OH excluding ortho intramolecular Hbond substituents is 1. The lowest BCUT2D eigenvalue weighted by molar-refractivity contribution is 0.0948. The number of amides is 1. The van der Waals surface area contributed by atoms with Gasteiger partial charge in [0.25, 0.3) is 5.91 Å². The van der Waals surface area contributed by atoms with Crippen LogP contribution in [0.4, 0.5) is 0 Å². The van der Waals surface area contributed by atoms with Crippen LogP contribution >= 0.6 is 15.9 Å². The summed E-state index contributed by atoms with van der Waals surface area (Å²) in [6.07, 6.45) is 5.16. The van der Waals surface area contributed by atoms with Crippen molar-refractivity contribution in [2.45, 2.75) is 6.54 Å². The fraction of sp³-hybridized carbons (Fsp3) is 0.0625. The van der Waals surface area contributed by atoms with E-state index in [1.54, 1.807) is 35.4 Å². The third-order valence-corrected chi connectivity index (χ3v) is 3.70. The Morgan fingerprint density at radius 1 is 1.30 bits per heavy atom. The largest absolute Gasteiger partial charge is 0.507 e. The van der Waals surface area contributed by atoms with Gasteiger partial charge in [-0.2, -0.15) is 5.10 Å². The van der Waals surface area contributed by atoms with E-state index in [2.05, 4.69) is 31.3 Å². The predicted octanol–water partition coefficient (Wildman–Crippen LogP) is 2.67. The fourth-order valence-corrected chi connectivity index (χ4v) is 2.39. The molecule has 0 aliphatic heterocycles. The van der Waals surface area contributed by atoms with Gasteiger partial charge in [-0.1, -0.05) is 22.0 Å². The number of pyridine rings is 1. The van der Waals surface area contributed by atoms with Crippen molar-refractivity contribution in [1.29, 1.82) is 0 Å². The minimum absolute atomic E-state index is 0.0575. The van der Waals surface area contributed by atoms with Gasteiger partial charge in [0.15, 0.2) is 5.82 Å². The standard InChI is InChI=1S/C16H13BrN4O2/c17-12-3-4-14(22)13(8-12)16(23)19-10-11-2-5-15(18-9-11)21-7-1-6-20-21/h1-9,22H,10H2,(H,19,23). The molecule has 0 aliphatic rings. The van der Waals surface area contributed by atoms with Crippen LogP contribution < -0.4 is 5.32 Å². The van der Waals surface area contributed by atoms with Crippen molar-refractivity contribution in [2.24, 2.45) is 0 Å². The molecule has 2 heterocycles. The first kappa shape index (κ1) is 15.2. The first-order valence-corrected chi connectivity index (χ1v) is 7.64. The smallest absolute Gasteiger partial charge is 0.255 e. The number of hydrogen-bond donors (Lipinski definition) is 2. The number of rotatable bonds is 4. The molecule has 0 radical (unpaired) electrons. The molecule has 0 saturated heterocycles. The quantitative estimate of drug-likeness (QED) is 0.737. The van der Waals surface area contributed by atoms with Crippen LogP contribution in [0.15, 0.2) is 59.5 Å². The van der Waals surface area contributed by atoms with Gasteiger partial charge in [0.1, 0.15) is 5.75 Å². The average molecular weight is 373 g/mol. The van der Waals surface area contributed by atoms with Gasteiger partial charge in [-0.15, -0.1) is 0 Å². The second kappa shape index (κ2) is 6.62. The maximum Gasteiger partial charge on any atom is 0.255 e. The van der Waals surface area contributed by atoms with Gasteiger partial charge in [-0.3, -0.25) is 4.79 Å². The van der Waals surface area contributed by atoms with Gasteiger partial charge in [0.2, 0.25) is 0 Å². The van der Waals surface area contributed by atoms with Crippen LogP contribution in [0.1, 0.15) is 15.9 Å². The van der Waals surface area contributed by atoms with Gasteiger partial charge in [0.05, 0.1) is 5.56 Å². The van der Waals surface area contributed by atoms with Crippen molar-refractivity contribution >= 4 is 21.8 Å². The molecule has 7 heteroatoms. The van der Waals surface area contributed by atoms with Crippen molar-refractivity contribution in [3.63, 3.8) is 0 Å². The Hall–Kier alpha value is -2.67. The van der Waals surface area contributed by atoms with Crippen LogP contribution in [0.2, 0.25) is 0 Å². The number of aromatic nitrogens is 3. The molecule has 0 unspecified atom stereocenters. The lowest BCUT2D eigenvalue weighted by atomic mass is 10.2. The first-order chi connectivity index (χ1) is 11.1. The molecular formula is C16H13BrN4O2. The second-order valence-electron chi connectivity index (χ2n) is 4.82. The van der Waals surface area contributed by atoms with Crippen LogP contribution in [-0.4, -0.2) is 25.8 Å². The fourth-order valence-electron chi connectivity index (χ4n) is 2.03. The molecule has 0 atom stereocenters. The predicted molar refractivity (Wildman–Crippen MR) is 88.3 cm³/mol. The number of benzene rings is 1. The van der Waals surface area contributed by atoms with Crippen molar-refractivity contribution < 1.29 is 9.90 Å². The van der Waals surface area contributed by atoms with Crippen molar-refractivity contribution in [1.82, 2.24) is 20.1 Å². The van der Waals surface area contributed by atoms with Crippen LogP contribution in [0.3, 0.4) is 0 Å². The highest BCUT2D eigenvalue weighted by Gasteiger charge is 2.11. The Bertz CT molecular complexity index is 817. The molecule has 116 valence electrons. The molecule has 0 spiro atoms. The molecule has 1 amide bonds. The lowest BCUT2D eigenvalue weighted by Gasteiger charge is -2.08. The highest BCUT2D eigenvalue weighted by atomic mass is 79.9. The third kappa shape index (κ3) is 3.57. The number of nitrogens with one attached hydrogen (secondary N) is 1. The monoisotopic (exact) mass is 372 g/mol. The molecule has 0 aliphatic carbocycles. The Kier molecular flexibility index (Phi) is 4.38. The number of carbonyl (C=O) groups is 1. The van der Waals surface area contributed by atoms with E-state index in [0.717, 1.165) is 10.0 Å². The summed E-state index contributed by atoms with van der Waals surface area (Å²) in [5, 5.41) is 16.6. The number of phenols is 1. The summed E-state index contributed by atoms with van der Waals surface area (Å²) in [7, 11) is 0. The summed E-state index contributed by atoms with van der Waals surface area (Å²) in [5.74, 6) is 0.299. The lowest BCUT2D eigenvalue weighted by Crippen LogP contribution is -2.23. The molecule has 1 aromatic carbocycles. The van der Waals surface area contributed by atoms with Gasteiger partial charge in [-0.25, -0.2) is 9.67 Å². The number of carbonyl (C=O) groups excluding carboxylic acids is 1. The van der Waals surface area contributed by atoms with Gasteiger partial charge in [0, 0.05) is 29.6 Å². The minimum Gasteiger partial charge on any atom is -0.507 e. The van der Waals surface area contributed by atoms with E-state index in [9.17, 15) is 9.90 Å². The van der Waals surface area contributed by atoms with Gasteiger partial charge < -0.3 is 10.4 Å². The SMILES string of the molecule is O=C(NCc1ccc(-n2cccn2)nc1)c1cc(Br)ccc1O. The summed E-state index contributed by atoms with van der Waals surface area (Å²) < 4.78 is 2.38. The second-order valence-corrected chi connectivity index (χ2v) is 5.74. The molecular weight excluding hydrogens is 360 g/mol. The van der Waals surface area contributed by atoms with Crippen LogP contribution in [0, 0.1) is 0 Å². The molecule has 2 aromatic heterocycles. The van der Waals surface area contributed by atoms with Crippen molar-refractivity contribution in [3.05, 3.63) is 70.6 Å². The molecule has 0 saturated carbocycles. The van der Waals surface area contributed by atoms with E-state index in [1.807, 2.05) is 18.2 Å². The Morgan fingerprint density at radius 2 is 2.17 bits per heavy atom. The van der Waals surface area contributed by atoms with Crippen molar-refractivity contribution in [3.8, 4) is 11.6 Å². The number of nitrogens with zero attached hydrogens (tertiary/aromatic N) is 3. The summed E-state index contributed by atoms with van der Waals surface area (Å²) >= 11 is 3.28. The van der Waals surface area contributed by atoms with E-state index in [4.69, 9.17) is 0 Å². The van der Waals surface area contributed by atoms with Crippen LogP contribution in [0.5, 0.6) is 5.75 Å². The molecule has 0 fully saturated rings. The highest BCUT2D eigenvalue weighted by Crippen LogP contribution is 2.21. The van der Waals surface area contributed by atoms with Gasteiger partial charge in [-0.05, 0) is 35.9 Å². The summed E-state index contributed by atoms with van der Waals surface area (Å²) in [5.41, 5.74) is 1.07. The van der Waals surface area contributed by atoms with E-state index in [-0.39, 0.29) is 17.2 Å². The highest BCUT2D eigenvalue weighted by molar-refractivity contribution is 9.10. The Labute approximate surface area is 140 Å². The molecule has 3 aromatic rings. The normalized spacial score (nSPS) is 10.5. The molecule has 3 rings (SSSR count). The van der Waals surface area contributed by atoms with E-state index in [0.29, 0.717) is 12.4 Å². The molecule has 6 nitrogen and oxygen atoms in total. The van der Waals surface area contributed by atoms with Crippen LogP contribution in [-0.2, 0) is 6.54 Å². The maximum atomic E-state index is 12.1. The molecule has 0 bridgehead atoms. The van der Waals surface area contributed by atoms with E-state index >= 15 is 0 Å². The number of aromatic hydroxyl groups is 1. The maximum absolute atomic E-state index is 12.1. The number of hydrogen-bond acceptors (Lipinski definition) is 4. The van der Waals surface area contributed by atoms with Gasteiger partial charge >= 0.3 is 0 Å². The summed E-state index contributed by atoms with van der Waals surface area (Å²) in [4.78, 5) is 16.4. The van der Waals surface area contributed by atoms with E-state index in [1.165, 1.54) is 6.07 Å². The summed E-state index contributed by atoms with van der Waals surface area (Å²) in [6, 6.07) is 10.2. The average Bonchev–Trinajstić information content (AvgIpc) is 3.10. The zero-order valence-corrected chi connectivity index (χ0v) is 13.6.